The number of nitrogens with two attached hydrogens (primary N) is 1. The van der Waals surface area contributed by atoms with E-state index in [2.05, 4.69) is 10.1 Å². The molecule has 0 spiro atoms. The number of benzene rings is 1. The summed E-state index contributed by atoms with van der Waals surface area (Å²) in [4.78, 5) is 5.28. The lowest BCUT2D eigenvalue weighted by Gasteiger charge is -2.00. The van der Waals surface area contributed by atoms with Crippen molar-refractivity contribution >= 4 is 39.5 Å². The number of hydrogen-bond donors (Lipinski definition) is 1. The van der Waals surface area contributed by atoms with Crippen molar-refractivity contribution in [2.75, 3.05) is 0 Å². The van der Waals surface area contributed by atoms with Gasteiger partial charge in [0.05, 0.1) is 16.9 Å². The van der Waals surface area contributed by atoms with E-state index in [1.54, 1.807) is 16.6 Å². The van der Waals surface area contributed by atoms with Crippen LogP contribution in [-0.4, -0.2) is 14.6 Å². The first-order valence-corrected chi connectivity index (χ1v) is 6.75. The molecule has 3 aromatic rings. The minimum absolute atomic E-state index is 0.422. The largest absolute Gasteiger partial charge is 0.324 e. The van der Waals surface area contributed by atoms with Crippen LogP contribution in [0.25, 0.3) is 16.2 Å². The summed E-state index contributed by atoms with van der Waals surface area (Å²) in [6.07, 6.45) is 1.83. The molecule has 0 saturated carbocycles. The molecule has 4 nitrogen and oxygen atoms in total. The van der Waals surface area contributed by atoms with Crippen molar-refractivity contribution in [1.82, 2.24) is 14.6 Å². The lowest BCUT2D eigenvalue weighted by Crippen LogP contribution is -1.95. The Balaban J connectivity index is 2.10. The zero-order chi connectivity index (χ0) is 12.7. The molecule has 1 aromatic carbocycles. The van der Waals surface area contributed by atoms with Gasteiger partial charge in [0, 0.05) is 17.1 Å². The maximum atomic E-state index is 6.15. The maximum Gasteiger partial charge on any atom is 0.212 e. The summed E-state index contributed by atoms with van der Waals surface area (Å²) in [5.41, 5.74) is 7.15. The van der Waals surface area contributed by atoms with Gasteiger partial charge in [-0.05, 0) is 18.2 Å². The Hall–Kier alpha value is -1.14. The van der Waals surface area contributed by atoms with Crippen LogP contribution in [0, 0.1) is 0 Å². The molecule has 0 amide bonds. The van der Waals surface area contributed by atoms with E-state index < -0.39 is 0 Å². The Kier molecular flexibility index (Phi) is 2.99. The van der Waals surface area contributed by atoms with E-state index in [0.29, 0.717) is 16.6 Å². The summed E-state index contributed by atoms with van der Waals surface area (Å²) in [5, 5.41) is 6.34. The molecule has 0 fully saturated rings. The van der Waals surface area contributed by atoms with Crippen LogP contribution in [-0.2, 0) is 6.54 Å². The molecular formula is C11H8Cl2N4S. The van der Waals surface area contributed by atoms with E-state index in [9.17, 15) is 0 Å². The molecule has 2 N–H and O–H groups in total. The van der Waals surface area contributed by atoms with Gasteiger partial charge in [0.2, 0.25) is 4.96 Å². The van der Waals surface area contributed by atoms with Gasteiger partial charge < -0.3 is 5.73 Å². The highest BCUT2D eigenvalue weighted by Gasteiger charge is 2.11. The number of imidazole rings is 1. The zero-order valence-corrected chi connectivity index (χ0v) is 11.4. The molecular weight excluding hydrogens is 291 g/mol. The summed E-state index contributed by atoms with van der Waals surface area (Å²) in [7, 11) is 0. The van der Waals surface area contributed by atoms with Gasteiger partial charge in [-0.1, -0.05) is 34.5 Å². The number of rotatable bonds is 2. The molecule has 0 saturated heterocycles. The number of fused-ring (bicyclic) bond motifs is 1. The minimum Gasteiger partial charge on any atom is -0.324 e. The summed E-state index contributed by atoms with van der Waals surface area (Å²) in [5.74, 6) is 0. The first kappa shape index (κ1) is 11.9. The van der Waals surface area contributed by atoms with Crippen LogP contribution < -0.4 is 5.73 Å². The molecule has 3 rings (SSSR count). The van der Waals surface area contributed by atoms with Crippen LogP contribution in [0.3, 0.4) is 0 Å². The molecule has 0 aliphatic heterocycles. The summed E-state index contributed by atoms with van der Waals surface area (Å²) in [6, 6.07) is 5.33. The summed E-state index contributed by atoms with van der Waals surface area (Å²) >= 11 is 13.5. The number of aromatic nitrogens is 3. The van der Waals surface area contributed by atoms with Gasteiger partial charge >= 0.3 is 0 Å². The fourth-order valence-electron chi connectivity index (χ4n) is 1.65. The van der Waals surface area contributed by atoms with Crippen molar-refractivity contribution in [3.05, 3.63) is 39.4 Å². The Labute approximate surface area is 117 Å². The predicted molar refractivity (Wildman–Crippen MR) is 74.2 cm³/mol. The second kappa shape index (κ2) is 4.51. The van der Waals surface area contributed by atoms with Crippen LogP contribution in [0.15, 0.2) is 24.4 Å². The normalized spacial score (nSPS) is 11.3. The number of nitrogens with zero attached hydrogens (tertiary/aromatic N) is 3. The average molecular weight is 299 g/mol. The Morgan fingerprint density at radius 1 is 1.33 bits per heavy atom. The van der Waals surface area contributed by atoms with Gasteiger partial charge in [-0.25, -0.2) is 9.50 Å². The summed E-state index contributed by atoms with van der Waals surface area (Å²) in [6.45, 7) is 0.422. The molecule has 7 heteroatoms. The third-order valence-corrected chi connectivity index (χ3v) is 3.96. The topological polar surface area (TPSA) is 56.2 Å². The van der Waals surface area contributed by atoms with Gasteiger partial charge in [0.15, 0.2) is 0 Å². The van der Waals surface area contributed by atoms with Crippen molar-refractivity contribution in [2.24, 2.45) is 5.73 Å². The maximum absolute atomic E-state index is 6.15. The first-order chi connectivity index (χ1) is 8.67. The van der Waals surface area contributed by atoms with Crippen LogP contribution in [0.5, 0.6) is 0 Å². The van der Waals surface area contributed by atoms with E-state index in [4.69, 9.17) is 28.9 Å². The lowest BCUT2D eigenvalue weighted by molar-refractivity contribution is 0.897. The van der Waals surface area contributed by atoms with Gasteiger partial charge in [-0.15, -0.1) is 0 Å². The number of halogens is 2. The lowest BCUT2D eigenvalue weighted by atomic mass is 10.2. The van der Waals surface area contributed by atoms with Crippen LogP contribution in [0.1, 0.15) is 5.01 Å². The third-order valence-electron chi connectivity index (χ3n) is 2.47. The van der Waals surface area contributed by atoms with E-state index in [-0.39, 0.29) is 0 Å². The second-order valence-corrected chi connectivity index (χ2v) is 5.56. The van der Waals surface area contributed by atoms with Crippen LogP contribution in [0.2, 0.25) is 10.0 Å². The fraction of sp³-hybridized carbons (Fsp3) is 0.0909. The van der Waals surface area contributed by atoms with Crippen molar-refractivity contribution in [1.29, 1.82) is 0 Å². The van der Waals surface area contributed by atoms with Crippen LogP contribution >= 0.6 is 34.5 Å². The van der Waals surface area contributed by atoms with Crippen LogP contribution in [0.4, 0.5) is 0 Å². The van der Waals surface area contributed by atoms with Crippen molar-refractivity contribution in [3.63, 3.8) is 0 Å². The van der Waals surface area contributed by atoms with Gasteiger partial charge in [-0.2, -0.15) is 5.10 Å². The third kappa shape index (κ3) is 1.99. The van der Waals surface area contributed by atoms with E-state index in [0.717, 1.165) is 21.2 Å². The fourth-order valence-corrected chi connectivity index (χ4v) is 2.91. The Morgan fingerprint density at radius 3 is 2.83 bits per heavy atom. The Bertz CT molecular complexity index is 687. The van der Waals surface area contributed by atoms with E-state index >= 15 is 0 Å². The molecule has 0 aliphatic carbocycles. The van der Waals surface area contributed by atoms with Gasteiger partial charge in [-0.3, -0.25) is 0 Å². The predicted octanol–water partition coefficient (Wildman–Crippen LogP) is 3.22. The number of hydrogen-bond acceptors (Lipinski definition) is 4. The average Bonchev–Trinajstić information content (AvgIpc) is 2.86. The van der Waals surface area contributed by atoms with Gasteiger partial charge in [0.25, 0.3) is 0 Å². The molecule has 0 atom stereocenters. The van der Waals surface area contributed by atoms with Crippen molar-refractivity contribution in [3.8, 4) is 11.3 Å². The monoisotopic (exact) mass is 298 g/mol. The van der Waals surface area contributed by atoms with E-state index in [1.165, 1.54) is 11.3 Å². The van der Waals surface area contributed by atoms with Crippen molar-refractivity contribution in [2.45, 2.75) is 6.54 Å². The molecule has 2 heterocycles. The molecule has 2 aromatic heterocycles. The molecule has 18 heavy (non-hydrogen) atoms. The highest BCUT2D eigenvalue weighted by Crippen LogP contribution is 2.30. The molecule has 0 bridgehead atoms. The highest BCUT2D eigenvalue weighted by atomic mass is 35.5. The smallest absolute Gasteiger partial charge is 0.212 e. The molecule has 0 aliphatic rings. The molecule has 0 unspecified atom stereocenters. The quantitative estimate of drug-likeness (QED) is 0.790. The highest BCUT2D eigenvalue weighted by molar-refractivity contribution is 7.16. The Morgan fingerprint density at radius 2 is 2.17 bits per heavy atom. The van der Waals surface area contributed by atoms with Crippen molar-refractivity contribution < 1.29 is 0 Å². The second-order valence-electron chi connectivity index (χ2n) is 3.68. The summed E-state index contributed by atoms with van der Waals surface area (Å²) < 4.78 is 1.72. The minimum atomic E-state index is 0.422. The van der Waals surface area contributed by atoms with E-state index in [1.807, 2.05) is 12.3 Å². The zero-order valence-electron chi connectivity index (χ0n) is 9.10. The first-order valence-electron chi connectivity index (χ1n) is 5.18. The SMILES string of the molecule is NCc1nn2cc(-c3ccc(Cl)cc3Cl)nc2s1. The molecule has 0 radical (unpaired) electrons. The molecule has 92 valence electrons. The standard InChI is InChI=1S/C11H8Cl2N4S/c12-6-1-2-7(8(13)3-6)9-5-17-11(15-9)18-10(4-14)16-17/h1-3,5H,4,14H2. The van der Waals surface area contributed by atoms with Gasteiger partial charge in [0.1, 0.15) is 5.01 Å².